The lowest BCUT2D eigenvalue weighted by Gasteiger charge is -2.09. The topological polar surface area (TPSA) is 81.4 Å². The molecule has 2 aromatic rings. The van der Waals surface area contributed by atoms with E-state index >= 15 is 0 Å². The second-order valence-electron chi connectivity index (χ2n) is 3.60. The number of aromatic nitrogens is 2. The van der Waals surface area contributed by atoms with Crippen LogP contribution in [-0.4, -0.2) is 28.0 Å². The first kappa shape index (κ1) is 13.3. The molecule has 7 heteroatoms. The van der Waals surface area contributed by atoms with Crippen molar-refractivity contribution >= 4 is 21.9 Å². The molecule has 0 atom stereocenters. The van der Waals surface area contributed by atoms with E-state index in [0.717, 1.165) is 6.07 Å². The van der Waals surface area contributed by atoms with Crippen molar-refractivity contribution in [2.45, 2.75) is 0 Å². The minimum absolute atomic E-state index is 0.530. The van der Waals surface area contributed by atoms with Gasteiger partial charge in [-0.3, -0.25) is 4.79 Å². The number of benzene rings is 1. The minimum atomic E-state index is -1.36. The van der Waals surface area contributed by atoms with E-state index in [9.17, 15) is 9.59 Å². The molecular weight excluding hydrogens is 316 g/mol. The van der Waals surface area contributed by atoms with Crippen LogP contribution in [-0.2, 0) is 0 Å². The Balaban J connectivity index is 2.62. The molecule has 6 nitrogen and oxygen atoms in total. The van der Waals surface area contributed by atoms with Crippen molar-refractivity contribution in [2.24, 2.45) is 0 Å². The molecule has 0 radical (unpaired) electrons. The van der Waals surface area contributed by atoms with Crippen molar-refractivity contribution in [2.75, 3.05) is 7.11 Å². The minimum Gasteiger partial charge on any atom is -0.497 e. The van der Waals surface area contributed by atoms with Gasteiger partial charge in [-0.1, -0.05) is 0 Å². The van der Waals surface area contributed by atoms with E-state index < -0.39 is 17.1 Å². The second-order valence-corrected chi connectivity index (χ2v) is 4.45. The Morgan fingerprint density at radius 3 is 2.79 bits per heavy atom. The van der Waals surface area contributed by atoms with Gasteiger partial charge in [-0.15, -0.1) is 0 Å². The number of carboxylic acid groups (broad SMARTS) is 1. The maximum absolute atomic E-state index is 11.4. The molecule has 1 N–H and O–H groups in total. The molecule has 0 fully saturated rings. The Morgan fingerprint density at radius 2 is 2.16 bits per heavy atom. The van der Waals surface area contributed by atoms with Crippen LogP contribution in [0.15, 0.2) is 39.7 Å². The summed E-state index contributed by atoms with van der Waals surface area (Å²) in [7, 11) is 1.52. The van der Waals surface area contributed by atoms with Gasteiger partial charge in [0.1, 0.15) is 5.75 Å². The van der Waals surface area contributed by atoms with Gasteiger partial charge in [0.2, 0.25) is 11.1 Å². The van der Waals surface area contributed by atoms with Crippen molar-refractivity contribution in [3.63, 3.8) is 0 Å². The molecule has 0 saturated heterocycles. The van der Waals surface area contributed by atoms with Gasteiger partial charge in [-0.05, 0) is 28.1 Å². The molecule has 0 aliphatic heterocycles. The zero-order chi connectivity index (χ0) is 14.0. The number of nitrogens with zero attached hydrogens (tertiary/aromatic N) is 2. The molecule has 0 saturated carbocycles. The highest BCUT2D eigenvalue weighted by Gasteiger charge is 2.12. The number of aromatic carboxylic acids is 1. The highest BCUT2D eigenvalue weighted by Crippen LogP contribution is 2.24. The van der Waals surface area contributed by atoms with Crippen LogP contribution >= 0.6 is 15.9 Å². The van der Waals surface area contributed by atoms with E-state index in [0.29, 0.717) is 15.9 Å². The van der Waals surface area contributed by atoms with E-state index in [1.165, 1.54) is 18.0 Å². The van der Waals surface area contributed by atoms with Crippen LogP contribution in [0.4, 0.5) is 0 Å². The average molecular weight is 325 g/mol. The van der Waals surface area contributed by atoms with Gasteiger partial charge in [-0.25, -0.2) is 9.48 Å². The molecule has 0 unspecified atom stereocenters. The number of ether oxygens (including phenoxy) is 1. The third-order valence-corrected chi connectivity index (χ3v) is 3.08. The van der Waals surface area contributed by atoms with E-state index in [1.54, 1.807) is 18.2 Å². The van der Waals surface area contributed by atoms with E-state index in [-0.39, 0.29) is 0 Å². The van der Waals surface area contributed by atoms with Gasteiger partial charge in [0.05, 0.1) is 12.8 Å². The predicted molar refractivity (Wildman–Crippen MR) is 71.0 cm³/mol. The number of rotatable bonds is 3. The lowest BCUT2D eigenvalue weighted by molar-refractivity contribution is 0.0687. The summed E-state index contributed by atoms with van der Waals surface area (Å²) in [5, 5.41) is 12.7. The highest BCUT2D eigenvalue weighted by molar-refractivity contribution is 9.10. The summed E-state index contributed by atoms with van der Waals surface area (Å²) in [5.74, 6) is -0.769. The Labute approximate surface area is 116 Å². The van der Waals surface area contributed by atoms with Crippen LogP contribution < -0.4 is 10.2 Å². The third kappa shape index (κ3) is 2.65. The van der Waals surface area contributed by atoms with Gasteiger partial charge in [0.15, 0.2) is 0 Å². The average Bonchev–Trinajstić information content (AvgIpc) is 2.40. The summed E-state index contributed by atoms with van der Waals surface area (Å²) in [6, 6.07) is 6.32. The quantitative estimate of drug-likeness (QED) is 0.929. The summed E-state index contributed by atoms with van der Waals surface area (Å²) >= 11 is 3.33. The van der Waals surface area contributed by atoms with Crippen LogP contribution in [0.1, 0.15) is 10.5 Å². The number of hydrogen-bond acceptors (Lipinski definition) is 4. The standard InChI is InChI=1S/C12H9BrN2O4/c1-19-7-2-3-8(13)9(6-7)15-5-4-10(16)11(14-15)12(17)18/h2-6H,1H3,(H,17,18). The molecule has 0 spiro atoms. The number of hydrogen-bond donors (Lipinski definition) is 1. The Morgan fingerprint density at radius 1 is 1.42 bits per heavy atom. The number of carboxylic acids is 1. The molecule has 2 rings (SSSR count). The molecule has 1 aromatic carbocycles. The molecule has 19 heavy (non-hydrogen) atoms. The Hall–Kier alpha value is -2.15. The molecule has 1 aromatic heterocycles. The normalized spacial score (nSPS) is 10.2. The van der Waals surface area contributed by atoms with Crippen LogP contribution in [0.3, 0.4) is 0 Å². The van der Waals surface area contributed by atoms with Crippen LogP contribution in [0.5, 0.6) is 5.75 Å². The fraction of sp³-hybridized carbons (Fsp3) is 0.0833. The lowest BCUT2D eigenvalue weighted by atomic mass is 10.3. The Bertz CT molecular complexity index is 696. The number of methoxy groups -OCH3 is 1. The molecular formula is C12H9BrN2O4. The number of halogens is 1. The maximum atomic E-state index is 11.4. The van der Waals surface area contributed by atoms with Crippen molar-refractivity contribution < 1.29 is 14.6 Å². The van der Waals surface area contributed by atoms with Crippen molar-refractivity contribution in [1.82, 2.24) is 9.78 Å². The molecule has 98 valence electrons. The predicted octanol–water partition coefficient (Wildman–Crippen LogP) is 1.70. The largest absolute Gasteiger partial charge is 0.497 e. The SMILES string of the molecule is COc1ccc(Br)c(-n2ccc(=O)c(C(=O)O)n2)c1. The fourth-order valence-corrected chi connectivity index (χ4v) is 1.91. The van der Waals surface area contributed by atoms with Gasteiger partial charge in [-0.2, -0.15) is 5.10 Å². The summed E-state index contributed by atoms with van der Waals surface area (Å²) in [6.07, 6.45) is 1.40. The maximum Gasteiger partial charge on any atom is 0.360 e. The molecule has 0 aliphatic carbocycles. The van der Waals surface area contributed by atoms with Crippen molar-refractivity contribution in [1.29, 1.82) is 0 Å². The summed E-state index contributed by atoms with van der Waals surface area (Å²) in [4.78, 5) is 22.3. The first-order valence-corrected chi connectivity index (χ1v) is 5.99. The zero-order valence-corrected chi connectivity index (χ0v) is 11.4. The molecule has 1 heterocycles. The van der Waals surface area contributed by atoms with Gasteiger partial charge >= 0.3 is 5.97 Å². The van der Waals surface area contributed by atoms with Crippen LogP contribution in [0.25, 0.3) is 5.69 Å². The van der Waals surface area contributed by atoms with Gasteiger partial charge < -0.3 is 9.84 Å². The number of carbonyl (C=O) groups is 1. The second kappa shape index (κ2) is 5.23. The lowest BCUT2D eigenvalue weighted by Crippen LogP contribution is -2.20. The molecule has 0 aliphatic rings. The fourth-order valence-electron chi connectivity index (χ4n) is 1.48. The van der Waals surface area contributed by atoms with E-state index in [2.05, 4.69) is 21.0 Å². The monoisotopic (exact) mass is 324 g/mol. The summed E-state index contributed by atoms with van der Waals surface area (Å²) < 4.78 is 7.09. The van der Waals surface area contributed by atoms with Crippen LogP contribution in [0.2, 0.25) is 0 Å². The van der Waals surface area contributed by atoms with E-state index in [4.69, 9.17) is 9.84 Å². The van der Waals surface area contributed by atoms with E-state index in [1.807, 2.05) is 0 Å². The first-order chi connectivity index (χ1) is 9.02. The van der Waals surface area contributed by atoms with Crippen molar-refractivity contribution in [3.05, 3.63) is 50.9 Å². The van der Waals surface area contributed by atoms with Crippen molar-refractivity contribution in [3.8, 4) is 11.4 Å². The molecule has 0 bridgehead atoms. The highest BCUT2D eigenvalue weighted by atomic mass is 79.9. The molecule has 0 amide bonds. The summed E-state index contributed by atoms with van der Waals surface area (Å²) in [6.45, 7) is 0. The third-order valence-electron chi connectivity index (χ3n) is 2.41. The van der Waals surface area contributed by atoms with Crippen LogP contribution in [0, 0.1) is 0 Å². The zero-order valence-electron chi connectivity index (χ0n) is 9.83. The Kier molecular flexibility index (Phi) is 3.66. The first-order valence-electron chi connectivity index (χ1n) is 5.20. The van der Waals surface area contributed by atoms with Gasteiger partial charge in [0, 0.05) is 22.8 Å². The van der Waals surface area contributed by atoms with Gasteiger partial charge in [0.25, 0.3) is 0 Å². The smallest absolute Gasteiger partial charge is 0.360 e. The summed E-state index contributed by atoms with van der Waals surface area (Å²) in [5.41, 5.74) is -0.596.